The Labute approximate surface area is 169 Å². The summed E-state index contributed by atoms with van der Waals surface area (Å²) >= 11 is 0. The SMILES string of the molecule is O=C(NCc1ccc(F)cc1)c1cccnc1N1CCN[C@H](c2ccccc2)C1. The Morgan fingerprint density at radius 3 is 2.69 bits per heavy atom. The molecule has 5 nitrogen and oxygen atoms in total. The Hall–Kier alpha value is -3.25. The molecule has 1 aromatic heterocycles. The van der Waals surface area contributed by atoms with Gasteiger partial charge in [0.15, 0.2) is 0 Å². The largest absolute Gasteiger partial charge is 0.353 e. The first-order valence-corrected chi connectivity index (χ1v) is 9.71. The lowest BCUT2D eigenvalue weighted by atomic mass is 10.0. The zero-order chi connectivity index (χ0) is 20.1. The van der Waals surface area contributed by atoms with Crippen LogP contribution in [0.15, 0.2) is 72.9 Å². The zero-order valence-corrected chi connectivity index (χ0v) is 16.0. The van der Waals surface area contributed by atoms with Gasteiger partial charge in [0.1, 0.15) is 11.6 Å². The van der Waals surface area contributed by atoms with Crippen LogP contribution in [0.5, 0.6) is 0 Å². The number of carbonyl (C=O) groups excluding carboxylic acids is 1. The van der Waals surface area contributed by atoms with Crippen LogP contribution in [-0.2, 0) is 6.54 Å². The summed E-state index contributed by atoms with van der Waals surface area (Å²) in [5, 5.41) is 6.45. The topological polar surface area (TPSA) is 57.3 Å². The number of hydrogen-bond donors (Lipinski definition) is 2. The standard InChI is InChI=1S/C23H23FN4O/c24-19-10-8-17(9-11-19)15-27-23(29)20-7-4-12-26-22(20)28-14-13-25-21(16-28)18-5-2-1-3-6-18/h1-12,21,25H,13-16H2,(H,27,29)/t21-/m0/s1. The summed E-state index contributed by atoms with van der Waals surface area (Å²) in [5.41, 5.74) is 2.61. The van der Waals surface area contributed by atoms with Crippen molar-refractivity contribution in [2.45, 2.75) is 12.6 Å². The van der Waals surface area contributed by atoms with Crippen molar-refractivity contribution < 1.29 is 9.18 Å². The first-order valence-electron chi connectivity index (χ1n) is 9.71. The van der Waals surface area contributed by atoms with E-state index in [1.54, 1.807) is 30.5 Å². The molecule has 148 valence electrons. The average Bonchev–Trinajstić information content (AvgIpc) is 2.79. The molecule has 3 aromatic rings. The fraction of sp³-hybridized carbons (Fsp3) is 0.217. The summed E-state index contributed by atoms with van der Waals surface area (Å²) in [6, 6.07) is 20.1. The summed E-state index contributed by atoms with van der Waals surface area (Å²) in [5.74, 6) is 0.208. The third kappa shape index (κ3) is 4.60. The number of benzene rings is 2. The summed E-state index contributed by atoms with van der Waals surface area (Å²) in [6.45, 7) is 2.66. The quantitative estimate of drug-likeness (QED) is 0.702. The number of anilines is 1. The molecule has 1 aliphatic rings. The highest BCUT2D eigenvalue weighted by molar-refractivity contribution is 5.98. The molecule has 2 N–H and O–H groups in total. The van der Waals surface area contributed by atoms with Gasteiger partial charge in [-0.3, -0.25) is 4.79 Å². The van der Waals surface area contributed by atoms with Crippen LogP contribution in [0.4, 0.5) is 10.2 Å². The van der Waals surface area contributed by atoms with Gasteiger partial charge >= 0.3 is 0 Å². The molecule has 2 heterocycles. The van der Waals surface area contributed by atoms with Crippen molar-refractivity contribution in [3.63, 3.8) is 0 Å². The van der Waals surface area contributed by atoms with Crippen LogP contribution >= 0.6 is 0 Å². The van der Waals surface area contributed by atoms with E-state index in [-0.39, 0.29) is 17.8 Å². The normalized spacial score (nSPS) is 16.4. The van der Waals surface area contributed by atoms with Crippen LogP contribution in [0.1, 0.15) is 27.5 Å². The Bertz CT molecular complexity index is 962. The second-order valence-corrected chi connectivity index (χ2v) is 7.05. The maximum absolute atomic E-state index is 13.1. The molecule has 1 atom stereocenters. The summed E-state index contributed by atoms with van der Waals surface area (Å²) in [7, 11) is 0. The van der Waals surface area contributed by atoms with Crippen molar-refractivity contribution in [3.8, 4) is 0 Å². The molecule has 2 aromatic carbocycles. The van der Waals surface area contributed by atoms with Crippen molar-refractivity contribution >= 4 is 11.7 Å². The van der Waals surface area contributed by atoms with Gasteiger partial charge in [0.25, 0.3) is 5.91 Å². The van der Waals surface area contributed by atoms with Crippen LogP contribution in [0.3, 0.4) is 0 Å². The Morgan fingerprint density at radius 2 is 1.90 bits per heavy atom. The minimum absolute atomic E-state index is 0.182. The van der Waals surface area contributed by atoms with Crippen molar-refractivity contribution in [3.05, 3.63) is 95.4 Å². The molecule has 4 rings (SSSR count). The van der Waals surface area contributed by atoms with Gasteiger partial charge in [0.05, 0.1) is 5.56 Å². The van der Waals surface area contributed by atoms with Gasteiger partial charge in [0.2, 0.25) is 0 Å². The molecule has 1 fully saturated rings. The second kappa shape index (κ2) is 8.84. The van der Waals surface area contributed by atoms with Crippen molar-refractivity contribution in [1.82, 2.24) is 15.6 Å². The summed E-state index contributed by atoms with van der Waals surface area (Å²) in [4.78, 5) is 19.5. The zero-order valence-electron chi connectivity index (χ0n) is 16.0. The highest BCUT2D eigenvalue weighted by Crippen LogP contribution is 2.24. The van der Waals surface area contributed by atoms with E-state index in [9.17, 15) is 9.18 Å². The number of pyridine rings is 1. The molecule has 0 saturated carbocycles. The van der Waals surface area contributed by atoms with E-state index in [2.05, 4.69) is 32.7 Å². The number of aromatic nitrogens is 1. The number of carbonyl (C=O) groups is 1. The maximum Gasteiger partial charge on any atom is 0.255 e. The number of nitrogens with zero attached hydrogens (tertiary/aromatic N) is 2. The van der Waals surface area contributed by atoms with E-state index in [1.807, 2.05) is 18.2 Å². The molecule has 0 bridgehead atoms. The molecule has 29 heavy (non-hydrogen) atoms. The first-order chi connectivity index (χ1) is 14.2. The van der Waals surface area contributed by atoms with Crippen LogP contribution in [-0.4, -0.2) is 30.5 Å². The van der Waals surface area contributed by atoms with E-state index in [1.165, 1.54) is 17.7 Å². The van der Waals surface area contributed by atoms with E-state index in [0.717, 1.165) is 25.2 Å². The molecule has 1 saturated heterocycles. The lowest BCUT2D eigenvalue weighted by molar-refractivity contribution is 0.0951. The maximum atomic E-state index is 13.1. The molecule has 0 aliphatic carbocycles. The first kappa shape index (κ1) is 19.1. The van der Waals surface area contributed by atoms with E-state index in [4.69, 9.17) is 0 Å². The molecule has 0 radical (unpaired) electrons. The fourth-order valence-corrected chi connectivity index (χ4v) is 3.56. The predicted molar refractivity (Wildman–Crippen MR) is 111 cm³/mol. The van der Waals surface area contributed by atoms with Gasteiger partial charge in [-0.25, -0.2) is 9.37 Å². The van der Waals surface area contributed by atoms with Crippen molar-refractivity contribution in [2.24, 2.45) is 0 Å². The Kier molecular flexibility index (Phi) is 5.81. The highest BCUT2D eigenvalue weighted by Gasteiger charge is 2.25. The molecule has 6 heteroatoms. The van der Waals surface area contributed by atoms with E-state index >= 15 is 0 Å². The van der Waals surface area contributed by atoms with Crippen LogP contribution in [0, 0.1) is 5.82 Å². The third-order valence-corrected chi connectivity index (χ3v) is 5.07. The lowest BCUT2D eigenvalue weighted by Crippen LogP contribution is -2.46. The van der Waals surface area contributed by atoms with Crippen LogP contribution < -0.4 is 15.5 Å². The van der Waals surface area contributed by atoms with Gasteiger partial charge in [0, 0.05) is 38.4 Å². The smallest absolute Gasteiger partial charge is 0.255 e. The van der Waals surface area contributed by atoms with Crippen molar-refractivity contribution in [1.29, 1.82) is 0 Å². The van der Waals surface area contributed by atoms with Gasteiger partial charge in [-0.1, -0.05) is 42.5 Å². The number of halogens is 1. The molecule has 0 unspecified atom stereocenters. The summed E-state index contributed by atoms with van der Waals surface area (Å²) < 4.78 is 13.1. The lowest BCUT2D eigenvalue weighted by Gasteiger charge is -2.35. The van der Waals surface area contributed by atoms with Crippen LogP contribution in [0.25, 0.3) is 0 Å². The monoisotopic (exact) mass is 390 g/mol. The molecule has 1 amide bonds. The second-order valence-electron chi connectivity index (χ2n) is 7.05. The minimum atomic E-state index is -0.290. The number of hydrogen-bond acceptors (Lipinski definition) is 4. The van der Waals surface area contributed by atoms with Gasteiger partial charge in [-0.15, -0.1) is 0 Å². The Balaban J connectivity index is 1.48. The number of amides is 1. The van der Waals surface area contributed by atoms with Gasteiger partial charge < -0.3 is 15.5 Å². The summed E-state index contributed by atoms with van der Waals surface area (Å²) in [6.07, 6.45) is 1.71. The molecular formula is C23H23FN4O. The highest BCUT2D eigenvalue weighted by atomic mass is 19.1. The van der Waals surface area contributed by atoms with Crippen molar-refractivity contribution in [2.75, 3.05) is 24.5 Å². The molecule has 1 aliphatic heterocycles. The number of rotatable bonds is 5. The molecular weight excluding hydrogens is 367 g/mol. The van der Waals surface area contributed by atoms with Gasteiger partial charge in [-0.05, 0) is 35.4 Å². The Morgan fingerprint density at radius 1 is 1.10 bits per heavy atom. The van der Waals surface area contributed by atoms with Crippen LogP contribution in [0.2, 0.25) is 0 Å². The number of nitrogens with one attached hydrogen (secondary N) is 2. The van der Waals surface area contributed by atoms with E-state index in [0.29, 0.717) is 17.9 Å². The minimum Gasteiger partial charge on any atom is -0.353 e. The fourth-order valence-electron chi connectivity index (χ4n) is 3.56. The average molecular weight is 390 g/mol. The molecule has 0 spiro atoms. The third-order valence-electron chi connectivity index (χ3n) is 5.07. The van der Waals surface area contributed by atoms with Gasteiger partial charge in [-0.2, -0.15) is 0 Å². The van der Waals surface area contributed by atoms with E-state index < -0.39 is 0 Å². The number of piperazine rings is 1. The predicted octanol–water partition coefficient (Wildman–Crippen LogP) is 3.30.